The predicted molar refractivity (Wildman–Crippen MR) is 102 cm³/mol. The lowest BCUT2D eigenvalue weighted by atomic mass is 10.1. The van der Waals surface area contributed by atoms with Gasteiger partial charge in [0, 0.05) is 18.7 Å². The van der Waals surface area contributed by atoms with Crippen LogP contribution in [0.15, 0.2) is 65.5 Å². The van der Waals surface area contributed by atoms with Gasteiger partial charge in [0.2, 0.25) is 5.43 Å². The highest BCUT2D eigenvalue weighted by atomic mass is 16.5. The molecule has 5 heteroatoms. The molecule has 0 spiro atoms. The molecule has 0 saturated heterocycles. The second-order valence-corrected chi connectivity index (χ2v) is 6.19. The van der Waals surface area contributed by atoms with Gasteiger partial charge in [0.1, 0.15) is 17.1 Å². The molecule has 4 rings (SSSR count). The Kier molecular flexibility index (Phi) is 3.84. The van der Waals surface area contributed by atoms with Gasteiger partial charge in [0.25, 0.3) is 0 Å². The first kappa shape index (κ1) is 16.1. The van der Waals surface area contributed by atoms with Crippen LogP contribution in [0.3, 0.4) is 0 Å². The fraction of sp³-hybridized carbons (Fsp3) is 0.143. The Labute approximate surface area is 151 Å². The molecule has 26 heavy (non-hydrogen) atoms. The molecule has 130 valence electrons. The van der Waals surface area contributed by atoms with Gasteiger partial charge in [-0.2, -0.15) is 0 Å². The van der Waals surface area contributed by atoms with Crippen LogP contribution in [0.25, 0.3) is 28.3 Å². The average molecular weight is 345 g/mol. The molecule has 0 amide bonds. The van der Waals surface area contributed by atoms with Gasteiger partial charge in [0.05, 0.1) is 24.2 Å². The standard InChI is InChI=1S/C21H19N3O2/c1-14-20-18(24(23(14)2)16-7-5-4-6-8-16)13-19(25)21(22-20)15-9-11-17(26-3)12-10-15/h4-13H,1-3H3. The molecule has 2 aromatic rings. The van der Waals surface area contributed by atoms with E-state index < -0.39 is 0 Å². The topological polar surface area (TPSA) is 49.0 Å². The Morgan fingerprint density at radius 3 is 2.31 bits per heavy atom. The molecule has 0 N–H and O–H groups in total. The average Bonchev–Trinajstić information content (AvgIpc) is 2.92. The van der Waals surface area contributed by atoms with Crippen molar-refractivity contribution < 1.29 is 4.74 Å². The third-order valence-electron chi connectivity index (χ3n) is 4.69. The molecule has 0 fully saturated rings. The third-order valence-corrected chi connectivity index (χ3v) is 4.69. The Morgan fingerprint density at radius 1 is 0.962 bits per heavy atom. The maximum Gasteiger partial charge on any atom is 0.207 e. The highest BCUT2D eigenvalue weighted by Gasteiger charge is 2.21. The van der Waals surface area contributed by atoms with Crippen LogP contribution in [0.4, 0.5) is 0 Å². The number of aromatic nitrogens is 3. The van der Waals surface area contributed by atoms with Gasteiger partial charge >= 0.3 is 0 Å². The molecule has 2 aromatic carbocycles. The van der Waals surface area contributed by atoms with Gasteiger partial charge in [0.15, 0.2) is 0 Å². The highest BCUT2D eigenvalue weighted by molar-refractivity contribution is 5.70. The summed E-state index contributed by atoms with van der Waals surface area (Å²) >= 11 is 0. The van der Waals surface area contributed by atoms with Crippen molar-refractivity contribution in [2.75, 3.05) is 7.11 Å². The Bertz CT molecular complexity index is 1090. The van der Waals surface area contributed by atoms with Crippen molar-refractivity contribution in [3.05, 3.63) is 76.6 Å². The summed E-state index contributed by atoms with van der Waals surface area (Å²) in [5.41, 5.74) is 4.75. The first-order chi connectivity index (χ1) is 12.6. The largest absolute Gasteiger partial charge is 0.497 e. The van der Waals surface area contributed by atoms with E-state index in [4.69, 9.17) is 9.72 Å². The minimum absolute atomic E-state index is 0.0991. The number of hydrogen-bond donors (Lipinski definition) is 0. The number of methoxy groups -OCH3 is 1. The second-order valence-electron chi connectivity index (χ2n) is 6.19. The normalized spacial score (nSPS) is 11.0. The van der Waals surface area contributed by atoms with E-state index in [2.05, 4.69) is 0 Å². The minimum Gasteiger partial charge on any atom is -0.497 e. The van der Waals surface area contributed by atoms with E-state index >= 15 is 0 Å². The summed E-state index contributed by atoms with van der Waals surface area (Å²) in [6.07, 6.45) is 0. The van der Waals surface area contributed by atoms with E-state index in [-0.39, 0.29) is 5.43 Å². The lowest BCUT2D eigenvalue weighted by molar-refractivity contribution is 0.415. The number of para-hydroxylation sites is 1. The molecule has 5 nitrogen and oxygen atoms in total. The third kappa shape index (κ3) is 2.49. The zero-order valence-electron chi connectivity index (χ0n) is 14.9. The van der Waals surface area contributed by atoms with E-state index in [0.717, 1.165) is 34.1 Å². The summed E-state index contributed by atoms with van der Waals surface area (Å²) in [5.74, 6) is 0.750. The highest BCUT2D eigenvalue weighted by Crippen LogP contribution is 2.29. The minimum atomic E-state index is -0.0991. The maximum atomic E-state index is 12.8. The molecule has 0 saturated carbocycles. The van der Waals surface area contributed by atoms with Gasteiger partial charge in [-0.3, -0.25) is 14.2 Å². The lowest BCUT2D eigenvalue weighted by Gasteiger charge is -2.11. The van der Waals surface area contributed by atoms with Crippen molar-refractivity contribution in [3.63, 3.8) is 0 Å². The first-order valence-corrected chi connectivity index (χ1v) is 8.39. The molecule has 2 aliphatic rings. The monoisotopic (exact) mass is 345 g/mol. The number of ether oxygens (including phenoxy) is 1. The number of nitrogens with zero attached hydrogens (tertiary/aromatic N) is 3. The second kappa shape index (κ2) is 6.19. The van der Waals surface area contributed by atoms with Crippen molar-refractivity contribution in [2.24, 2.45) is 7.05 Å². The van der Waals surface area contributed by atoms with E-state index in [9.17, 15) is 4.79 Å². The van der Waals surface area contributed by atoms with Crippen LogP contribution in [-0.2, 0) is 7.05 Å². The number of rotatable bonds is 3. The SMILES string of the molecule is COc1ccc(-c2nc3c(C)n(C)n(-c4ccccc4)c-3cc2=O)cc1. The number of fused-ring (bicyclic) bond motifs is 1. The molecule has 2 aliphatic heterocycles. The van der Waals surface area contributed by atoms with E-state index in [1.165, 1.54) is 0 Å². The summed E-state index contributed by atoms with van der Waals surface area (Å²) in [4.78, 5) is 17.5. The van der Waals surface area contributed by atoms with Crippen LogP contribution in [0.5, 0.6) is 5.75 Å². The summed E-state index contributed by atoms with van der Waals surface area (Å²) < 4.78 is 9.22. The molecule has 0 radical (unpaired) electrons. The van der Waals surface area contributed by atoms with Crippen LogP contribution in [0, 0.1) is 6.92 Å². The van der Waals surface area contributed by atoms with E-state index in [0.29, 0.717) is 5.69 Å². The van der Waals surface area contributed by atoms with Gasteiger partial charge < -0.3 is 4.74 Å². The molecular weight excluding hydrogens is 326 g/mol. The summed E-state index contributed by atoms with van der Waals surface area (Å²) in [6, 6.07) is 19.0. The van der Waals surface area contributed by atoms with Crippen molar-refractivity contribution in [1.82, 2.24) is 14.3 Å². The van der Waals surface area contributed by atoms with Crippen molar-refractivity contribution in [3.8, 4) is 34.1 Å². The van der Waals surface area contributed by atoms with E-state index in [1.807, 2.05) is 77.9 Å². The van der Waals surface area contributed by atoms with Crippen molar-refractivity contribution in [2.45, 2.75) is 6.92 Å². The Balaban J connectivity index is 1.94. The Hall–Kier alpha value is -3.34. The number of pyridine rings is 1. The van der Waals surface area contributed by atoms with Crippen LogP contribution in [0.1, 0.15) is 5.69 Å². The van der Waals surface area contributed by atoms with Gasteiger partial charge in [-0.05, 0) is 43.3 Å². The number of benzene rings is 2. The Morgan fingerprint density at radius 2 is 1.65 bits per heavy atom. The maximum absolute atomic E-state index is 12.8. The first-order valence-electron chi connectivity index (χ1n) is 8.39. The van der Waals surface area contributed by atoms with Crippen LogP contribution < -0.4 is 10.2 Å². The fourth-order valence-corrected chi connectivity index (χ4v) is 3.21. The molecule has 0 aromatic heterocycles. The summed E-state index contributed by atoms with van der Waals surface area (Å²) in [5, 5.41) is 0. The van der Waals surface area contributed by atoms with Crippen molar-refractivity contribution in [1.29, 1.82) is 0 Å². The zero-order chi connectivity index (χ0) is 18.3. The van der Waals surface area contributed by atoms with Gasteiger partial charge in [-0.1, -0.05) is 18.2 Å². The number of hydrogen-bond acceptors (Lipinski definition) is 3. The molecule has 0 bridgehead atoms. The molecule has 0 aliphatic carbocycles. The molecule has 0 unspecified atom stereocenters. The smallest absolute Gasteiger partial charge is 0.207 e. The van der Waals surface area contributed by atoms with E-state index in [1.54, 1.807) is 13.2 Å². The quantitative estimate of drug-likeness (QED) is 0.569. The molecular formula is C21H19N3O2. The summed E-state index contributed by atoms with van der Waals surface area (Å²) in [7, 11) is 3.59. The van der Waals surface area contributed by atoms with Crippen LogP contribution >= 0.6 is 0 Å². The summed E-state index contributed by atoms with van der Waals surface area (Å²) in [6.45, 7) is 2.01. The van der Waals surface area contributed by atoms with Crippen molar-refractivity contribution >= 4 is 0 Å². The fourth-order valence-electron chi connectivity index (χ4n) is 3.21. The van der Waals surface area contributed by atoms with Gasteiger partial charge in [-0.25, -0.2) is 4.98 Å². The van der Waals surface area contributed by atoms with Gasteiger partial charge in [-0.15, -0.1) is 0 Å². The molecule has 0 atom stereocenters. The van der Waals surface area contributed by atoms with Crippen LogP contribution in [-0.4, -0.2) is 21.5 Å². The predicted octanol–water partition coefficient (Wildman–Crippen LogP) is 3.66. The zero-order valence-corrected chi connectivity index (χ0v) is 14.9. The van der Waals surface area contributed by atoms with Crippen LogP contribution in [0.2, 0.25) is 0 Å². The molecule has 2 heterocycles. The lowest BCUT2D eigenvalue weighted by Crippen LogP contribution is -2.11.